The predicted molar refractivity (Wildman–Crippen MR) is 97.2 cm³/mol. The highest BCUT2D eigenvalue weighted by atomic mass is 32.1. The lowest BCUT2D eigenvalue weighted by Crippen LogP contribution is -2.44. The lowest BCUT2D eigenvalue weighted by molar-refractivity contribution is -0.148. The number of hydrogen-bond donors (Lipinski definition) is 1. The van der Waals surface area contributed by atoms with Gasteiger partial charge in [-0.2, -0.15) is 5.26 Å². The monoisotopic (exact) mass is 404 g/mol. The van der Waals surface area contributed by atoms with Crippen LogP contribution >= 0.6 is 11.3 Å². The molecule has 1 aliphatic heterocycles. The van der Waals surface area contributed by atoms with Crippen molar-refractivity contribution in [3.63, 3.8) is 0 Å². The van der Waals surface area contributed by atoms with E-state index < -0.39 is 35.8 Å². The Morgan fingerprint density at radius 3 is 2.75 bits per heavy atom. The second-order valence-electron chi connectivity index (χ2n) is 6.94. The van der Waals surface area contributed by atoms with Crippen LogP contribution in [0.2, 0.25) is 0 Å². The molecule has 1 N–H and O–H groups in total. The first-order valence-electron chi connectivity index (χ1n) is 9.00. The Morgan fingerprint density at radius 1 is 1.43 bits per heavy atom. The SMILES string of the molecule is Cc1csc([C@@H](C#N)C(=O)COC(=O)CCN2C(=O)NC3(CCCC3)C2=O)n1. The molecule has 2 heterocycles. The molecule has 2 aliphatic rings. The molecule has 2 fully saturated rings. The van der Waals surface area contributed by atoms with E-state index in [1.54, 1.807) is 12.3 Å². The first-order valence-corrected chi connectivity index (χ1v) is 9.88. The van der Waals surface area contributed by atoms with E-state index >= 15 is 0 Å². The van der Waals surface area contributed by atoms with Crippen LogP contribution in [0.15, 0.2) is 5.38 Å². The molecule has 28 heavy (non-hydrogen) atoms. The van der Waals surface area contributed by atoms with E-state index in [2.05, 4.69) is 10.3 Å². The minimum absolute atomic E-state index is 0.104. The molecule has 3 amide bonds. The summed E-state index contributed by atoms with van der Waals surface area (Å²) in [6.45, 7) is 1.09. The van der Waals surface area contributed by atoms with Gasteiger partial charge in [0.05, 0.1) is 12.5 Å². The fourth-order valence-corrected chi connectivity index (χ4v) is 4.34. The van der Waals surface area contributed by atoms with Gasteiger partial charge in [0, 0.05) is 17.6 Å². The molecule has 148 valence electrons. The number of aryl methyl sites for hydroxylation is 1. The summed E-state index contributed by atoms with van der Waals surface area (Å²) in [4.78, 5) is 53.8. The normalized spacial score (nSPS) is 18.8. The highest BCUT2D eigenvalue weighted by molar-refractivity contribution is 7.09. The van der Waals surface area contributed by atoms with Crippen molar-refractivity contribution in [2.24, 2.45) is 0 Å². The standard InChI is InChI=1S/C18H20N4O5S/c1-11-10-28-15(20-11)12(8-19)13(23)9-27-14(24)4-7-22-16(25)18(21-17(22)26)5-2-3-6-18/h10,12H,2-7,9H2,1H3,(H,21,26)/t12-/m0/s1. The highest BCUT2D eigenvalue weighted by Crippen LogP contribution is 2.35. The van der Waals surface area contributed by atoms with Crippen molar-refractivity contribution in [2.75, 3.05) is 13.2 Å². The van der Waals surface area contributed by atoms with Gasteiger partial charge >= 0.3 is 12.0 Å². The van der Waals surface area contributed by atoms with E-state index in [9.17, 15) is 24.4 Å². The third-order valence-electron chi connectivity index (χ3n) is 4.95. The zero-order valence-electron chi connectivity index (χ0n) is 15.4. The van der Waals surface area contributed by atoms with Crippen molar-refractivity contribution in [2.45, 2.75) is 50.5 Å². The summed E-state index contributed by atoms with van der Waals surface area (Å²) in [6.07, 6.45) is 2.76. The first kappa shape index (κ1) is 19.9. The van der Waals surface area contributed by atoms with Crippen LogP contribution < -0.4 is 5.32 Å². The van der Waals surface area contributed by atoms with Crippen molar-refractivity contribution in [3.8, 4) is 6.07 Å². The zero-order chi connectivity index (χ0) is 20.3. The molecule has 10 heteroatoms. The van der Waals surface area contributed by atoms with Crippen molar-refractivity contribution in [3.05, 3.63) is 16.1 Å². The average Bonchev–Trinajstić information content (AvgIpc) is 3.35. The van der Waals surface area contributed by atoms with Gasteiger partial charge in [0.25, 0.3) is 5.91 Å². The van der Waals surface area contributed by atoms with Gasteiger partial charge in [-0.3, -0.25) is 19.3 Å². The number of urea groups is 1. The van der Waals surface area contributed by atoms with Gasteiger partial charge in [0.1, 0.15) is 10.5 Å². The zero-order valence-corrected chi connectivity index (χ0v) is 16.2. The van der Waals surface area contributed by atoms with Crippen LogP contribution in [0.1, 0.15) is 48.7 Å². The van der Waals surface area contributed by atoms with E-state index in [0.717, 1.165) is 17.7 Å². The second-order valence-corrected chi connectivity index (χ2v) is 7.83. The number of aromatic nitrogens is 1. The van der Waals surface area contributed by atoms with Gasteiger partial charge in [-0.05, 0) is 19.8 Å². The Labute approximate surface area is 165 Å². The van der Waals surface area contributed by atoms with Crippen LogP contribution in [0.4, 0.5) is 4.79 Å². The quantitative estimate of drug-likeness (QED) is 0.537. The number of carbonyl (C=O) groups is 4. The summed E-state index contributed by atoms with van der Waals surface area (Å²) in [5.74, 6) is -2.67. The number of nitrogens with one attached hydrogen (secondary N) is 1. The number of thiazole rings is 1. The number of rotatable bonds is 7. The Morgan fingerprint density at radius 2 is 2.14 bits per heavy atom. The van der Waals surface area contributed by atoms with Crippen molar-refractivity contribution in [1.29, 1.82) is 5.26 Å². The molecule has 0 bridgehead atoms. The lowest BCUT2D eigenvalue weighted by Gasteiger charge is -2.19. The number of esters is 1. The number of imide groups is 1. The summed E-state index contributed by atoms with van der Waals surface area (Å²) in [6, 6.07) is 1.37. The molecule has 0 unspecified atom stereocenters. The fraction of sp³-hybridized carbons (Fsp3) is 0.556. The van der Waals surface area contributed by atoms with Crippen LogP contribution in [-0.4, -0.2) is 52.3 Å². The van der Waals surface area contributed by atoms with Crippen LogP contribution in [-0.2, 0) is 19.1 Å². The third-order valence-corrected chi connectivity index (χ3v) is 5.98. The molecule has 0 radical (unpaired) electrons. The van der Waals surface area contributed by atoms with E-state index in [1.165, 1.54) is 11.3 Å². The Bertz CT molecular complexity index is 852. The fourth-order valence-electron chi connectivity index (χ4n) is 3.48. The van der Waals surface area contributed by atoms with Crippen LogP contribution in [0, 0.1) is 18.3 Å². The number of ether oxygens (including phenoxy) is 1. The molecule has 1 aromatic heterocycles. The summed E-state index contributed by atoms with van der Waals surface area (Å²) < 4.78 is 4.93. The number of amides is 3. The molecule has 1 atom stereocenters. The number of nitrogens with zero attached hydrogens (tertiary/aromatic N) is 3. The average molecular weight is 404 g/mol. The molecule has 0 aromatic carbocycles. The highest BCUT2D eigenvalue weighted by Gasteiger charge is 2.52. The predicted octanol–water partition coefficient (Wildman–Crippen LogP) is 1.43. The summed E-state index contributed by atoms with van der Waals surface area (Å²) in [7, 11) is 0. The van der Waals surface area contributed by atoms with Gasteiger partial charge in [-0.15, -0.1) is 11.3 Å². The third kappa shape index (κ3) is 3.89. The maximum Gasteiger partial charge on any atom is 0.325 e. The molecule has 9 nitrogen and oxygen atoms in total. The van der Waals surface area contributed by atoms with Gasteiger partial charge in [-0.25, -0.2) is 9.78 Å². The minimum atomic E-state index is -1.08. The van der Waals surface area contributed by atoms with Crippen LogP contribution in [0.25, 0.3) is 0 Å². The minimum Gasteiger partial charge on any atom is -0.458 e. The Hall–Kier alpha value is -2.80. The Kier molecular flexibility index (Phi) is 5.74. The number of Topliss-reactive ketones (excluding diaryl/α,β-unsaturated/α-hetero) is 1. The van der Waals surface area contributed by atoms with E-state index in [1.807, 2.05) is 6.07 Å². The van der Waals surface area contributed by atoms with Crippen molar-refractivity contribution < 1.29 is 23.9 Å². The maximum atomic E-state index is 12.5. The van der Waals surface area contributed by atoms with E-state index in [4.69, 9.17) is 4.74 Å². The van der Waals surface area contributed by atoms with Crippen molar-refractivity contribution in [1.82, 2.24) is 15.2 Å². The molecular weight excluding hydrogens is 384 g/mol. The van der Waals surface area contributed by atoms with E-state index in [0.29, 0.717) is 23.5 Å². The topological polar surface area (TPSA) is 129 Å². The second kappa shape index (κ2) is 8.06. The van der Waals surface area contributed by atoms with E-state index in [-0.39, 0.29) is 18.9 Å². The molecular formula is C18H20N4O5S. The smallest absolute Gasteiger partial charge is 0.325 e. The van der Waals surface area contributed by atoms with Gasteiger partial charge in [0.15, 0.2) is 18.3 Å². The maximum absolute atomic E-state index is 12.5. The molecule has 1 saturated heterocycles. The first-order chi connectivity index (χ1) is 13.4. The van der Waals surface area contributed by atoms with Gasteiger partial charge < -0.3 is 10.1 Å². The summed E-state index contributed by atoms with van der Waals surface area (Å²) in [5, 5.41) is 14.0. The molecule has 1 spiro atoms. The Balaban J connectivity index is 1.48. The number of hydrogen-bond acceptors (Lipinski definition) is 8. The van der Waals surface area contributed by atoms with Gasteiger partial charge in [0.2, 0.25) is 0 Å². The summed E-state index contributed by atoms with van der Waals surface area (Å²) >= 11 is 1.20. The molecule has 1 aromatic rings. The van der Waals surface area contributed by atoms with Crippen LogP contribution in [0.5, 0.6) is 0 Å². The molecule has 1 aliphatic carbocycles. The number of carbonyl (C=O) groups excluding carboxylic acids is 4. The number of nitriles is 1. The van der Waals surface area contributed by atoms with Crippen LogP contribution in [0.3, 0.4) is 0 Å². The summed E-state index contributed by atoms with van der Waals surface area (Å²) in [5.41, 5.74) is -0.110. The van der Waals surface area contributed by atoms with Crippen molar-refractivity contribution >= 4 is 35.0 Å². The van der Waals surface area contributed by atoms with Gasteiger partial charge in [-0.1, -0.05) is 12.8 Å². The molecule has 3 rings (SSSR count). The molecule has 1 saturated carbocycles. The lowest BCUT2D eigenvalue weighted by atomic mass is 9.98. The largest absolute Gasteiger partial charge is 0.458 e. The number of ketones is 1.